The first kappa shape index (κ1) is 20.0. The normalized spacial score (nSPS) is 11.2. The fraction of sp³-hybridized carbons (Fsp3) is 0.316. The molecule has 0 aliphatic rings. The van der Waals surface area contributed by atoms with Crippen LogP contribution in [-0.4, -0.2) is 37.2 Å². The third kappa shape index (κ3) is 6.50. The van der Waals surface area contributed by atoms with Crippen molar-refractivity contribution in [2.24, 2.45) is 0 Å². The SMILES string of the molecule is CCNC(=O)Nc1ccc(OCC(=O)N[C@H](C)c2cccc(OC)c2)nc1. The molecule has 144 valence electrons. The van der Waals surface area contributed by atoms with Gasteiger partial charge in [-0.05, 0) is 37.6 Å². The maximum absolute atomic E-state index is 12.1. The summed E-state index contributed by atoms with van der Waals surface area (Å²) in [5.41, 5.74) is 1.46. The molecule has 27 heavy (non-hydrogen) atoms. The van der Waals surface area contributed by atoms with E-state index in [-0.39, 0.29) is 24.6 Å². The van der Waals surface area contributed by atoms with Gasteiger partial charge < -0.3 is 25.4 Å². The minimum Gasteiger partial charge on any atom is -0.497 e. The van der Waals surface area contributed by atoms with E-state index in [4.69, 9.17) is 9.47 Å². The number of hydrogen-bond donors (Lipinski definition) is 3. The first-order valence-electron chi connectivity index (χ1n) is 8.58. The Morgan fingerprint density at radius 1 is 1.22 bits per heavy atom. The number of carbonyl (C=O) groups excluding carboxylic acids is 2. The van der Waals surface area contributed by atoms with E-state index in [2.05, 4.69) is 20.9 Å². The second-order valence-corrected chi connectivity index (χ2v) is 5.72. The molecule has 0 fully saturated rings. The molecule has 8 heteroatoms. The molecule has 1 aromatic heterocycles. The van der Waals surface area contributed by atoms with Gasteiger partial charge in [-0.15, -0.1) is 0 Å². The van der Waals surface area contributed by atoms with E-state index in [9.17, 15) is 9.59 Å². The molecule has 0 bridgehead atoms. The van der Waals surface area contributed by atoms with Gasteiger partial charge in [0.2, 0.25) is 5.88 Å². The van der Waals surface area contributed by atoms with Gasteiger partial charge >= 0.3 is 6.03 Å². The van der Waals surface area contributed by atoms with Crippen LogP contribution in [0.3, 0.4) is 0 Å². The zero-order chi connectivity index (χ0) is 19.6. The Bertz CT molecular complexity index is 765. The van der Waals surface area contributed by atoms with E-state index < -0.39 is 0 Å². The van der Waals surface area contributed by atoms with Gasteiger partial charge in [-0.25, -0.2) is 9.78 Å². The van der Waals surface area contributed by atoms with Crippen molar-refractivity contribution in [1.29, 1.82) is 0 Å². The lowest BCUT2D eigenvalue weighted by Crippen LogP contribution is -2.31. The number of benzene rings is 1. The van der Waals surface area contributed by atoms with Crippen molar-refractivity contribution in [1.82, 2.24) is 15.6 Å². The van der Waals surface area contributed by atoms with Crippen LogP contribution in [0.15, 0.2) is 42.6 Å². The molecule has 0 aliphatic carbocycles. The molecule has 0 saturated carbocycles. The van der Waals surface area contributed by atoms with E-state index in [1.807, 2.05) is 38.1 Å². The number of amides is 3. The predicted octanol–water partition coefficient (Wildman–Crippen LogP) is 2.49. The number of methoxy groups -OCH3 is 1. The number of anilines is 1. The maximum Gasteiger partial charge on any atom is 0.319 e. The second-order valence-electron chi connectivity index (χ2n) is 5.72. The van der Waals surface area contributed by atoms with Crippen molar-refractivity contribution in [3.8, 4) is 11.6 Å². The summed E-state index contributed by atoms with van der Waals surface area (Å²) in [5, 5.41) is 8.11. The fourth-order valence-electron chi connectivity index (χ4n) is 2.29. The highest BCUT2D eigenvalue weighted by atomic mass is 16.5. The van der Waals surface area contributed by atoms with Gasteiger partial charge in [0.05, 0.1) is 25.0 Å². The van der Waals surface area contributed by atoms with E-state index in [0.717, 1.165) is 11.3 Å². The highest BCUT2D eigenvalue weighted by Crippen LogP contribution is 2.18. The number of rotatable bonds is 8. The molecule has 3 amide bonds. The lowest BCUT2D eigenvalue weighted by Gasteiger charge is -2.15. The number of aromatic nitrogens is 1. The van der Waals surface area contributed by atoms with E-state index in [1.54, 1.807) is 19.2 Å². The zero-order valence-electron chi connectivity index (χ0n) is 15.6. The summed E-state index contributed by atoms with van der Waals surface area (Å²) in [6, 6.07) is 10.2. The Hall–Kier alpha value is -3.29. The van der Waals surface area contributed by atoms with Gasteiger partial charge in [-0.1, -0.05) is 12.1 Å². The van der Waals surface area contributed by atoms with E-state index in [0.29, 0.717) is 18.1 Å². The molecule has 0 radical (unpaired) electrons. The first-order valence-corrected chi connectivity index (χ1v) is 8.58. The third-order valence-electron chi connectivity index (χ3n) is 3.65. The zero-order valence-corrected chi connectivity index (χ0v) is 15.6. The van der Waals surface area contributed by atoms with E-state index >= 15 is 0 Å². The standard InChI is InChI=1S/C19H24N4O4/c1-4-20-19(25)23-15-8-9-18(21-11-15)27-12-17(24)22-13(2)14-6-5-7-16(10-14)26-3/h5-11,13H,4,12H2,1-3H3,(H,22,24)(H2,20,23,25)/t13-/m1/s1. The van der Waals surface area contributed by atoms with Crippen molar-refractivity contribution < 1.29 is 19.1 Å². The Kier molecular flexibility index (Phi) is 7.42. The number of urea groups is 1. The number of hydrogen-bond acceptors (Lipinski definition) is 5. The van der Waals surface area contributed by atoms with Gasteiger partial charge in [-0.3, -0.25) is 4.79 Å². The number of nitrogens with zero attached hydrogens (tertiary/aromatic N) is 1. The molecule has 1 heterocycles. The Morgan fingerprint density at radius 3 is 2.70 bits per heavy atom. The first-order chi connectivity index (χ1) is 13.0. The molecule has 1 atom stereocenters. The summed E-state index contributed by atoms with van der Waals surface area (Å²) in [6.45, 7) is 4.08. The molecule has 2 rings (SSSR count). The minimum absolute atomic E-state index is 0.162. The van der Waals surface area contributed by atoms with Crippen molar-refractivity contribution >= 4 is 17.6 Å². The monoisotopic (exact) mass is 372 g/mol. The largest absolute Gasteiger partial charge is 0.497 e. The van der Waals surface area contributed by atoms with Crippen molar-refractivity contribution in [3.05, 3.63) is 48.2 Å². The molecule has 1 aromatic carbocycles. The summed E-state index contributed by atoms with van der Waals surface area (Å²) in [5.74, 6) is 0.757. The average Bonchev–Trinajstić information content (AvgIpc) is 2.67. The average molecular weight is 372 g/mol. The molecular formula is C19H24N4O4. The van der Waals surface area contributed by atoms with Crippen molar-refractivity contribution in [2.45, 2.75) is 19.9 Å². The van der Waals surface area contributed by atoms with Gasteiger partial charge in [0, 0.05) is 12.6 Å². The molecule has 8 nitrogen and oxygen atoms in total. The van der Waals surface area contributed by atoms with Crippen molar-refractivity contribution in [2.75, 3.05) is 25.6 Å². The van der Waals surface area contributed by atoms with Crippen LogP contribution >= 0.6 is 0 Å². The molecule has 3 N–H and O–H groups in total. The Morgan fingerprint density at radius 2 is 2.04 bits per heavy atom. The van der Waals surface area contributed by atoms with Crippen LogP contribution in [0.5, 0.6) is 11.6 Å². The molecule has 0 unspecified atom stereocenters. The smallest absolute Gasteiger partial charge is 0.319 e. The van der Waals surface area contributed by atoms with Gasteiger partial charge in [0.15, 0.2) is 6.61 Å². The van der Waals surface area contributed by atoms with Crippen molar-refractivity contribution in [3.63, 3.8) is 0 Å². The number of nitrogens with one attached hydrogen (secondary N) is 3. The fourth-order valence-corrected chi connectivity index (χ4v) is 2.29. The van der Waals surface area contributed by atoms with Gasteiger partial charge in [0.1, 0.15) is 5.75 Å². The van der Waals surface area contributed by atoms with Crippen LogP contribution in [0.1, 0.15) is 25.5 Å². The predicted molar refractivity (Wildman–Crippen MR) is 102 cm³/mol. The maximum atomic E-state index is 12.1. The third-order valence-corrected chi connectivity index (χ3v) is 3.65. The number of ether oxygens (including phenoxy) is 2. The van der Waals surface area contributed by atoms with E-state index in [1.165, 1.54) is 6.20 Å². The van der Waals surface area contributed by atoms with Crippen LogP contribution in [-0.2, 0) is 4.79 Å². The number of pyridine rings is 1. The lowest BCUT2D eigenvalue weighted by atomic mass is 10.1. The molecular weight excluding hydrogens is 348 g/mol. The van der Waals surface area contributed by atoms with Gasteiger partial charge in [0.25, 0.3) is 5.91 Å². The topological polar surface area (TPSA) is 102 Å². The highest BCUT2D eigenvalue weighted by Gasteiger charge is 2.11. The number of carbonyl (C=O) groups is 2. The summed E-state index contributed by atoms with van der Waals surface area (Å²) in [6.07, 6.45) is 1.46. The minimum atomic E-state index is -0.307. The molecule has 0 aliphatic heterocycles. The quantitative estimate of drug-likeness (QED) is 0.661. The summed E-state index contributed by atoms with van der Waals surface area (Å²) >= 11 is 0. The lowest BCUT2D eigenvalue weighted by molar-refractivity contribution is -0.123. The Balaban J connectivity index is 1.81. The molecule has 0 spiro atoms. The Labute approximate surface area is 158 Å². The second kappa shape index (κ2) is 10.0. The molecule has 0 saturated heterocycles. The highest BCUT2D eigenvalue weighted by molar-refractivity contribution is 5.88. The van der Waals surface area contributed by atoms with Crippen LogP contribution in [0.2, 0.25) is 0 Å². The van der Waals surface area contributed by atoms with Gasteiger partial charge in [-0.2, -0.15) is 0 Å². The van der Waals surface area contributed by atoms with Crippen LogP contribution < -0.4 is 25.4 Å². The summed E-state index contributed by atoms with van der Waals surface area (Å²) < 4.78 is 10.6. The van der Waals surface area contributed by atoms with Crippen LogP contribution in [0.25, 0.3) is 0 Å². The van der Waals surface area contributed by atoms with Crippen LogP contribution in [0.4, 0.5) is 10.5 Å². The molecule has 2 aromatic rings. The van der Waals surface area contributed by atoms with Crippen LogP contribution in [0, 0.1) is 0 Å². The summed E-state index contributed by atoms with van der Waals surface area (Å²) in [7, 11) is 1.60. The summed E-state index contributed by atoms with van der Waals surface area (Å²) in [4.78, 5) is 27.6.